The summed E-state index contributed by atoms with van der Waals surface area (Å²) in [6, 6.07) is 12.2. The highest BCUT2D eigenvalue weighted by Crippen LogP contribution is 2.28. The van der Waals surface area contributed by atoms with Crippen molar-refractivity contribution in [2.45, 2.75) is 26.3 Å². The van der Waals surface area contributed by atoms with Crippen molar-refractivity contribution in [3.05, 3.63) is 59.2 Å². The number of hydrogen-bond donors (Lipinski definition) is 1. The van der Waals surface area contributed by atoms with Gasteiger partial charge in [0.1, 0.15) is 0 Å². The summed E-state index contributed by atoms with van der Waals surface area (Å²) >= 11 is 0. The molecule has 0 aromatic heterocycles. The van der Waals surface area contributed by atoms with Crippen molar-refractivity contribution in [2.75, 3.05) is 27.8 Å². The Morgan fingerprint density at radius 3 is 2.23 bits per heavy atom. The smallest absolute Gasteiger partial charge is 0.253 e. The molecule has 0 bridgehead atoms. The molecular weight excluding hydrogens is 384 g/mol. The van der Waals surface area contributed by atoms with Crippen LogP contribution in [0.2, 0.25) is 0 Å². The third-order valence-electron chi connectivity index (χ3n) is 4.47. The van der Waals surface area contributed by atoms with Gasteiger partial charge in [0.2, 0.25) is 5.91 Å². The van der Waals surface area contributed by atoms with E-state index < -0.39 is 0 Å². The first-order valence-corrected chi connectivity index (χ1v) is 9.71. The van der Waals surface area contributed by atoms with Crippen molar-refractivity contribution in [2.24, 2.45) is 0 Å². The Kier molecular flexibility index (Phi) is 8.41. The van der Waals surface area contributed by atoms with Crippen LogP contribution < -0.4 is 14.8 Å². The van der Waals surface area contributed by atoms with Crippen LogP contribution in [0.3, 0.4) is 0 Å². The number of hydrogen-bond acceptors (Lipinski definition) is 5. The lowest BCUT2D eigenvalue weighted by Gasteiger charge is -2.12. The van der Waals surface area contributed by atoms with Crippen molar-refractivity contribution < 1.29 is 23.9 Å². The summed E-state index contributed by atoms with van der Waals surface area (Å²) in [6.07, 6.45) is 0.866. The fraction of sp³-hybridized carbons (Fsp3) is 0.348. The molecular formula is C23H28N2O5. The molecule has 30 heavy (non-hydrogen) atoms. The number of amides is 2. The van der Waals surface area contributed by atoms with Gasteiger partial charge in [0, 0.05) is 38.2 Å². The van der Waals surface area contributed by atoms with Crippen LogP contribution in [-0.4, -0.2) is 50.3 Å². The second kappa shape index (κ2) is 11.0. The second-order valence-corrected chi connectivity index (χ2v) is 7.05. The van der Waals surface area contributed by atoms with E-state index in [2.05, 4.69) is 5.32 Å². The molecule has 0 radical (unpaired) electrons. The van der Waals surface area contributed by atoms with Gasteiger partial charge in [-0.15, -0.1) is 0 Å². The maximum Gasteiger partial charge on any atom is 0.253 e. The Morgan fingerprint density at radius 2 is 1.63 bits per heavy atom. The zero-order valence-corrected chi connectivity index (χ0v) is 17.9. The summed E-state index contributed by atoms with van der Waals surface area (Å²) in [5.41, 5.74) is 2.09. The Hall–Kier alpha value is -3.35. The molecule has 0 spiro atoms. The molecule has 0 heterocycles. The van der Waals surface area contributed by atoms with E-state index in [-0.39, 0.29) is 17.6 Å². The van der Waals surface area contributed by atoms with Crippen LogP contribution in [0.25, 0.3) is 0 Å². The molecule has 0 aliphatic carbocycles. The standard InChI is InChI=1S/C23H28N2O5/c1-16(26)19-11-12-20(21(14-19)29-4)30-13-5-6-22(27)24-15-17-7-9-18(10-8-17)23(28)25(2)3/h7-12,14H,5-6,13,15H2,1-4H3,(H,24,27). The SMILES string of the molecule is COc1cc(C(C)=O)ccc1OCCCC(=O)NCc1ccc(C(=O)N(C)C)cc1. The van der Waals surface area contributed by atoms with Crippen LogP contribution >= 0.6 is 0 Å². The third-order valence-corrected chi connectivity index (χ3v) is 4.47. The van der Waals surface area contributed by atoms with Crippen LogP contribution in [0, 0.1) is 0 Å². The first-order chi connectivity index (χ1) is 14.3. The van der Waals surface area contributed by atoms with Crippen molar-refractivity contribution in [1.82, 2.24) is 10.2 Å². The number of rotatable bonds is 10. The quantitative estimate of drug-likeness (QED) is 0.479. The Bertz CT molecular complexity index is 891. The van der Waals surface area contributed by atoms with Crippen LogP contribution in [-0.2, 0) is 11.3 Å². The molecule has 160 valence electrons. The molecule has 0 aliphatic rings. The molecule has 2 rings (SSSR count). The predicted molar refractivity (Wildman–Crippen MR) is 114 cm³/mol. The molecule has 0 saturated heterocycles. The lowest BCUT2D eigenvalue weighted by molar-refractivity contribution is -0.121. The number of ketones is 1. The summed E-state index contributed by atoms with van der Waals surface area (Å²) in [5.74, 6) is 0.846. The average molecular weight is 412 g/mol. The number of benzene rings is 2. The van der Waals surface area contributed by atoms with Gasteiger partial charge in [-0.25, -0.2) is 0 Å². The maximum absolute atomic E-state index is 12.0. The predicted octanol–water partition coefficient (Wildman–Crippen LogP) is 3.08. The molecule has 7 nitrogen and oxygen atoms in total. The van der Waals surface area contributed by atoms with Gasteiger partial charge >= 0.3 is 0 Å². The number of nitrogens with one attached hydrogen (secondary N) is 1. The second-order valence-electron chi connectivity index (χ2n) is 7.05. The lowest BCUT2D eigenvalue weighted by atomic mass is 10.1. The fourth-order valence-electron chi connectivity index (χ4n) is 2.73. The van der Waals surface area contributed by atoms with Gasteiger partial charge in [0.05, 0.1) is 13.7 Å². The first kappa shape index (κ1) is 22.9. The van der Waals surface area contributed by atoms with Crippen molar-refractivity contribution in [3.63, 3.8) is 0 Å². The minimum absolute atomic E-state index is 0.0459. The van der Waals surface area contributed by atoms with E-state index in [1.54, 1.807) is 44.4 Å². The molecule has 0 fully saturated rings. The lowest BCUT2D eigenvalue weighted by Crippen LogP contribution is -2.23. The molecule has 0 saturated carbocycles. The van der Waals surface area contributed by atoms with Gasteiger partial charge in [0.15, 0.2) is 17.3 Å². The number of nitrogens with zero attached hydrogens (tertiary/aromatic N) is 1. The molecule has 2 aromatic rings. The van der Waals surface area contributed by atoms with Crippen LogP contribution in [0.1, 0.15) is 46.0 Å². The molecule has 2 aromatic carbocycles. The van der Waals surface area contributed by atoms with Gasteiger partial charge in [-0.3, -0.25) is 14.4 Å². The molecule has 0 atom stereocenters. The van der Waals surface area contributed by atoms with E-state index in [0.717, 1.165) is 5.56 Å². The van der Waals surface area contributed by atoms with Gasteiger partial charge in [-0.05, 0) is 49.2 Å². The van der Waals surface area contributed by atoms with E-state index in [4.69, 9.17) is 9.47 Å². The summed E-state index contributed by atoms with van der Waals surface area (Å²) in [4.78, 5) is 36.9. The summed E-state index contributed by atoms with van der Waals surface area (Å²) in [5, 5.41) is 2.86. The van der Waals surface area contributed by atoms with E-state index in [1.165, 1.54) is 18.9 Å². The Labute approximate surface area is 177 Å². The topological polar surface area (TPSA) is 84.9 Å². The van der Waals surface area contributed by atoms with E-state index in [1.807, 2.05) is 12.1 Å². The summed E-state index contributed by atoms with van der Waals surface area (Å²) in [6.45, 7) is 2.24. The van der Waals surface area contributed by atoms with Gasteiger partial charge in [-0.2, -0.15) is 0 Å². The van der Waals surface area contributed by atoms with E-state index in [9.17, 15) is 14.4 Å². The highest BCUT2D eigenvalue weighted by molar-refractivity contribution is 5.95. The number of carbonyl (C=O) groups excluding carboxylic acids is 3. The van der Waals surface area contributed by atoms with Gasteiger partial charge in [0.25, 0.3) is 5.91 Å². The fourth-order valence-corrected chi connectivity index (χ4v) is 2.73. The van der Waals surface area contributed by atoms with E-state index >= 15 is 0 Å². The normalized spacial score (nSPS) is 10.3. The molecule has 7 heteroatoms. The van der Waals surface area contributed by atoms with Crippen LogP contribution in [0.15, 0.2) is 42.5 Å². The molecule has 2 amide bonds. The maximum atomic E-state index is 12.0. The molecule has 0 aliphatic heterocycles. The van der Waals surface area contributed by atoms with Crippen LogP contribution in [0.5, 0.6) is 11.5 Å². The zero-order chi connectivity index (χ0) is 22.1. The average Bonchev–Trinajstić information content (AvgIpc) is 2.74. The zero-order valence-electron chi connectivity index (χ0n) is 17.9. The van der Waals surface area contributed by atoms with Crippen molar-refractivity contribution >= 4 is 17.6 Å². The van der Waals surface area contributed by atoms with Crippen LogP contribution in [0.4, 0.5) is 0 Å². The highest BCUT2D eigenvalue weighted by atomic mass is 16.5. The number of carbonyl (C=O) groups is 3. The highest BCUT2D eigenvalue weighted by Gasteiger charge is 2.10. The van der Waals surface area contributed by atoms with Gasteiger partial charge in [-0.1, -0.05) is 12.1 Å². The monoisotopic (exact) mass is 412 g/mol. The summed E-state index contributed by atoms with van der Waals surface area (Å²) in [7, 11) is 4.93. The van der Waals surface area contributed by atoms with Gasteiger partial charge < -0.3 is 19.7 Å². The van der Waals surface area contributed by atoms with Crippen molar-refractivity contribution in [3.8, 4) is 11.5 Å². The number of methoxy groups -OCH3 is 1. The largest absolute Gasteiger partial charge is 0.493 e. The Balaban J connectivity index is 1.74. The minimum Gasteiger partial charge on any atom is -0.493 e. The Morgan fingerprint density at radius 1 is 0.967 bits per heavy atom. The van der Waals surface area contributed by atoms with E-state index in [0.29, 0.717) is 48.6 Å². The number of Topliss-reactive ketones (excluding diaryl/α,β-unsaturated/α-hetero) is 1. The molecule has 0 unspecified atom stereocenters. The minimum atomic E-state index is -0.0778. The first-order valence-electron chi connectivity index (χ1n) is 9.71. The number of ether oxygens (including phenoxy) is 2. The van der Waals surface area contributed by atoms with Crippen molar-refractivity contribution in [1.29, 1.82) is 0 Å². The molecule has 1 N–H and O–H groups in total. The summed E-state index contributed by atoms with van der Waals surface area (Å²) < 4.78 is 10.9. The third kappa shape index (κ3) is 6.62.